The van der Waals surface area contributed by atoms with Gasteiger partial charge in [0.05, 0.1) is 6.04 Å². The molecule has 1 aromatic carbocycles. The molecule has 92 valence electrons. The molecule has 2 aromatic rings. The fraction of sp³-hybridized carbons (Fsp3) is 0.231. The van der Waals surface area contributed by atoms with E-state index in [-0.39, 0.29) is 17.6 Å². The number of nitrogens with zero attached hydrogens (tertiary/aromatic N) is 1. The van der Waals surface area contributed by atoms with E-state index in [4.69, 9.17) is 5.73 Å². The molecule has 3 rings (SSSR count). The number of aromatic amines is 1. The van der Waals surface area contributed by atoms with Crippen molar-refractivity contribution in [1.29, 1.82) is 0 Å². The van der Waals surface area contributed by atoms with Crippen LogP contribution in [0.15, 0.2) is 41.5 Å². The van der Waals surface area contributed by atoms with Gasteiger partial charge < -0.3 is 16.0 Å². The van der Waals surface area contributed by atoms with E-state index in [1.165, 1.54) is 11.8 Å². The lowest BCUT2D eigenvalue weighted by Gasteiger charge is -2.18. The second-order valence-electron chi connectivity index (χ2n) is 4.46. The summed E-state index contributed by atoms with van der Waals surface area (Å²) in [5.41, 5.74) is 8.28. The highest BCUT2D eigenvalue weighted by atomic mass is 16.1. The predicted molar refractivity (Wildman–Crippen MR) is 69.3 cm³/mol. The first kappa shape index (κ1) is 11.0. The summed E-state index contributed by atoms with van der Waals surface area (Å²) in [6.45, 7) is 0. The second-order valence-corrected chi connectivity index (χ2v) is 4.46. The van der Waals surface area contributed by atoms with E-state index in [0.29, 0.717) is 5.82 Å². The number of rotatable bonds is 2. The van der Waals surface area contributed by atoms with Crippen LogP contribution >= 0.6 is 0 Å². The Bertz CT molecular complexity index is 622. The molecule has 0 amide bonds. The number of nitrogens with one attached hydrogen (secondary N) is 2. The molecule has 5 heteroatoms. The van der Waals surface area contributed by atoms with Crippen molar-refractivity contribution in [1.82, 2.24) is 9.97 Å². The summed E-state index contributed by atoms with van der Waals surface area (Å²) in [5.74, 6) is 0.314. The third-order valence-electron chi connectivity index (χ3n) is 3.27. The molecule has 1 aromatic heterocycles. The molecule has 1 aliphatic carbocycles. The maximum atomic E-state index is 11.6. The number of H-pyrrole nitrogens is 1. The minimum absolute atomic E-state index is 0.0381. The Morgan fingerprint density at radius 3 is 3.06 bits per heavy atom. The summed E-state index contributed by atoms with van der Waals surface area (Å²) in [4.78, 5) is 18.2. The monoisotopic (exact) mass is 242 g/mol. The molecule has 0 bridgehead atoms. The maximum Gasteiger partial charge on any atom is 0.290 e. The van der Waals surface area contributed by atoms with Gasteiger partial charge in [-0.3, -0.25) is 4.79 Å². The molecule has 0 saturated carbocycles. The quantitative estimate of drug-likeness (QED) is 0.727. The number of aromatic nitrogens is 2. The zero-order valence-electron chi connectivity index (χ0n) is 9.76. The Morgan fingerprint density at radius 2 is 2.22 bits per heavy atom. The van der Waals surface area contributed by atoms with Crippen LogP contribution in [0.2, 0.25) is 0 Å². The fourth-order valence-corrected chi connectivity index (χ4v) is 2.41. The molecular weight excluding hydrogens is 228 g/mol. The van der Waals surface area contributed by atoms with Crippen LogP contribution in [0.4, 0.5) is 5.82 Å². The lowest BCUT2D eigenvalue weighted by Crippen LogP contribution is -2.32. The summed E-state index contributed by atoms with van der Waals surface area (Å²) in [6.07, 6.45) is 3.88. The van der Waals surface area contributed by atoms with E-state index in [1.807, 2.05) is 18.2 Å². The van der Waals surface area contributed by atoms with E-state index in [1.54, 1.807) is 6.20 Å². The van der Waals surface area contributed by atoms with Crippen molar-refractivity contribution in [2.45, 2.75) is 18.5 Å². The highest BCUT2D eigenvalue weighted by molar-refractivity contribution is 5.44. The van der Waals surface area contributed by atoms with E-state index in [2.05, 4.69) is 21.4 Å². The number of hydrogen-bond acceptors (Lipinski definition) is 4. The van der Waals surface area contributed by atoms with Crippen LogP contribution in [0.3, 0.4) is 0 Å². The molecule has 0 spiro atoms. The second kappa shape index (κ2) is 4.27. The Balaban J connectivity index is 1.94. The number of anilines is 1. The molecule has 4 N–H and O–H groups in total. The van der Waals surface area contributed by atoms with Crippen molar-refractivity contribution in [3.05, 3.63) is 58.1 Å². The molecule has 2 atom stereocenters. The van der Waals surface area contributed by atoms with Crippen LogP contribution in [-0.2, 0) is 6.42 Å². The Labute approximate surface area is 104 Å². The van der Waals surface area contributed by atoms with Crippen molar-refractivity contribution >= 4 is 5.82 Å². The lowest BCUT2D eigenvalue weighted by molar-refractivity contribution is 0.622. The first-order chi connectivity index (χ1) is 8.75. The maximum absolute atomic E-state index is 11.6. The van der Waals surface area contributed by atoms with Gasteiger partial charge in [0.15, 0.2) is 5.82 Å². The molecular formula is C13H14N4O. The average molecular weight is 242 g/mol. The normalized spacial score (nSPS) is 21.6. The largest absolute Gasteiger partial charge is 0.357 e. The van der Waals surface area contributed by atoms with Crippen LogP contribution < -0.4 is 16.6 Å². The summed E-state index contributed by atoms with van der Waals surface area (Å²) in [7, 11) is 0. The van der Waals surface area contributed by atoms with E-state index >= 15 is 0 Å². The molecule has 18 heavy (non-hydrogen) atoms. The van der Waals surface area contributed by atoms with Gasteiger partial charge in [0.25, 0.3) is 5.56 Å². The van der Waals surface area contributed by atoms with Crippen molar-refractivity contribution in [3.63, 3.8) is 0 Å². The van der Waals surface area contributed by atoms with Crippen LogP contribution in [0.5, 0.6) is 0 Å². The number of nitrogens with two attached hydrogens (primary N) is 1. The predicted octanol–water partition coefficient (Wildman–Crippen LogP) is 0.806. The first-order valence-corrected chi connectivity index (χ1v) is 5.89. The minimum Gasteiger partial charge on any atom is -0.357 e. The van der Waals surface area contributed by atoms with Gasteiger partial charge in [-0.1, -0.05) is 24.3 Å². The molecule has 1 heterocycles. The summed E-state index contributed by atoms with van der Waals surface area (Å²) >= 11 is 0. The zero-order valence-corrected chi connectivity index (χ0v) is 9.76. The van der Waals surface area contributed by atoms with E-state index in [9.17, 15) is 4.79 Å². The smallest absolute Gasteiger partial charge is 0.290 e. The highest BCUT2D eigenvalue weighted by Crippen LogP contribution is 2.31. The highest BCUT2D eigenvalue weighted by Gasteiger charge is 2.30. The Hall–Kier alpha value is -2.14. The molecule has 0 aliphatic heterocycles. The number of fused-ring (bicyclic) bond motifs is 1. The van der Waals surface area contributed by atoms with Crippen molar-refractivity contribution in [2.75, 3.05) is 5.32 Å². The van der Waals surface area contributed by atoms with Gasteiger partial charge in [0.1, 0.15) is 0 Å². The van der Waals surface area contributed by atoms with Crippen molar-refractivity contribution < 1.29 is 0 Å². The molecule has 2 unspecified atom stereocenters. The van der Waals surface area contributed by atoms with Gasteiger partial charge >= 0.3 is 0 Å². The van der Waals surface area contributed by atoms with Crippen LogP contribution in [-0.4, -0.2) is 16.0 Å². The van der Waals surface area contributed by atoms with Crippen LogP contribution in [0, 0.1) is 0 Å². The first-order valence-electron chi connectivity index (χ1n) is 5.89. The molecule has 1 aliphatic rings. The van der Waals surface area contributed by atoms with E-state index in [0.717, 1.165) is 12.0 Å². The molecule has 5 nitrogen and oxygen atoms in total. The molecule has 0 saturated heterocycles. The van der Waals surface area contributed by atoms with Crippen LogP contribution in [0.25, 0.3) is 0 Å². The number of benzene rings is 1. The standard InChI is InChI=1S/C13H14N4O/c14-10-7-8-3-1-2-4-9(8)11(10)17-12-13(18)16-6-5-15-12/h1-6,10-11H,7,14H2,(H,15,17)(H,16,18). The molecule has 0 fully saturated rings. The topological polar surface area (TPSA) is 83.8 Å². The van der Waals surface area contributed by atoms with Gasteiger partial charge in [0.2, 0.25) is 0 Å². The number of hydrogen-bond donors (Lipinski definition) is 3. The zero-order chi connectivity index (χ0) is 12.5. The van der Waals surface area contributed by atoms with Gasteiger partial charge in [-0.05, 0) is 17.5 Å². The third kappa shape index (κ3) is 1.78. The SMILES string of the molecule is NC1Cc2ccccc2C1Nc1ncc[nH]c1=O. The van der Waals surface area contributed by atoms with Gasteiger partial charge in [-0.15, -0.1) is 0 Å². The van der Waals surface area contributed by atoms with Crippen molar-refractivity contribution in [3.8, 4) is 0 Å². The van der Waals surface area contributed by atoms with Gasteiger partial charge in [-0.2, -0.15) is 0 Å². The Morgan fingerprint density at radius 1 is 1.39 bits per heavy atom. The lowest BCUT2D eigenvalue weighted by atomic mass is 10.1. The summed E-state index contributed by atoms with van der Waals surface area (Å²) in [6, 6.07) is 7.99. The van der Waals surface area contributed by atoms with Gasteiger partial charge in [-0.25, -0.2) is 4.98 Å². The van der Waals surface area contributed by atoms with Gasteiger partial charge in [0, 0.05) is 18.4 Å². The minimum atomic E-state index is -0.228. The third-order valence-corrected chi connectivity index (χ3v) is 3.27. The van der Waals surface area contributed by atoms with Crippen molar-refractivity contribution in [2.24, 2.45) is 5.73 Å². The van der Waals surface area contributed by atoms with E-state index < -0.39 is 0 Å². The summed E-state index contributed by atoms with van der Waals surface area (Å²) in [5, 5.41) is 3.14. The summed E-state index contributed by atoms with van der Waals surface area (Å²) < 4.78 is 0. The average Bonchev–Trinajstić information content (AvgIpc) is 2.69. The van der Waals surface area contributed by atoms with Crippen LogP contribution in [0.1, 0.15) is 17.2 Å². The fourth-order valence-electron chi connectivity index (χ4n) is 2.41. The Kier molecular flexibility index (Phi) is 2.60. The molecule has 0 radical (unpaired) electrons.